The van der Waals surface area contributed by atoms with Gasteiger partial charge < -0.3 is 10.2 Å². The molecule has 18 heavy (non-hydrogen) atoms. The number of carbonyl (C=O) groups is 1. The Labute approximate surface area is 111 Å². The first-order valence-electron chi connectivity index (χ1n) is 7.56. The molecule has 0 radical (unpaired) electrons. The van der Waals surface area contributed by atoms with Crippen LogP contribution in [0.3, 0.4) is 0 Å². The smallest absolute Gasteiger partial charge is 0.243 e. The highest BCUT2D eigenvalue weighted by molar-refractivity contribution is 5.87. The van der Waals surface area contributed by atoms with Crippen molar-refractivity contribution in [1.82, 2.24) is 10.2 Å². The number of carbonyl (C=O) groups excluding carboxylic acids is 1. The van der Waals surface area contributed by atoms with Crippen LogP contribution in [0.1, 0.15) is 53.4 Å². The first-order chi connectivity index (χ1) is 8.50. The normalized spacial score (nSPS) is 41.1. The molecule has 2 fully saturated rings. The summed E-state index contributed by atoms with van der Waals surface area (Å²) in [6.45, 7) is 10.8. The van der Waals surface area contributed by atoms with Crippen molar-refractivity contribution in [3.05, 3.63) is 0 Å². The van der Waals surface area contributed by atoms with Crippen LogP contribution >= 0.6 is 0 Å². The summed E-state index contributed by atoms with van der Waals surface area (Å²) in [5, 5.41) is 3.48. The van der Waals surface area contributed by atoms with Gasteiger partial charge in [0.1, 0.15) is 0 Å². The first kappa shape index (κ1) is 13.9. The van der Waals surface area contributed by atoms with E-state index in [2.05, 4.69) is 37.9 Å². The summed E-state index contributed by atoms with van der Waals surface area (Å²) in [5.74, 6) is 1.61. The van der Waals surface area contributed by atoms with Gasteiger partial charge in [0.15, 0.2) is 0 Å². The van der Waals surface area contributed by atoms with Gasteiger partial charge in [0, 0.05) is 12.6 Å². The van der Waals surface area contributed by atoms with E-state index >= 15 is 0 Å². The van der Waals surface area contributed by atoms with Crippen LogP contribution in [0.25, 0.3) is 0 Å². The lowest BCUT2D eigenvalue weighted by Crippen LogP contribution is -2.60. The summed E-state index contributed by atoms with van der Waals surface area (Å²) in [4.78, 5) is 15.1. The van der Waals surface area contributed by atoms with Gasteiger partial charge in [-0.2, -0.15) is 0 Å². The topological polar surface area (TPSA) is 32.3 Å². The molecule has 0 spiro atoms. The lowest BCUT2D eigenvalue weighted by Gasteiger charge is -2.45. The maximum absolute atomic E-state index is 12.9. The summed E-state index contributed by atoms with van der Waals surface area (Å²) in [7, 11) is 0. The zero-order valence-electron chi connectivity index (χ0n) is 12.3. The molecule has 3 heteroatoms. The number of hydrogen-bond donors (Lipinski definition) is 1. The second kappa shape index (κ2) is 5.20. The van der Waals surface area contributed by atoms with Gasteiger partial charge in [-0.05, 0) is 51.0 Å². The van der Waals surface area contributed by atoms with E-state index in [-0.39, 0.29) is 5.54 Å². The van der Waals surface area contributed by atoms with Crippen LogP contribution in [-0.4, -0.2) is 35.5 Å². The molecule has 0 aliphatic carbocycles. The Morgan fingerprint density at radius 2 is 2.11 bits per heavy atom. The molecule has 104 valence electrons. The van der Waals surface area contributed by atoms with Crippen LogP contribution in [0.4, 0.5) is 0 Å². The average molecular weight is 252 g/mol. The molecule has 1 amide bonds. The van der Waals surface area contributed by atoms with E-state index in [0.717, 1.165) is 32.4 Å². The van der Waals surface area contributed by atoms with Crippen LogP contribution in [0.2, 0.25) is 0 Å². The second-order valence-corrected chi connectivity index (χ2v) is 6.48. The van der Waals surface area contributed by atoms with Crippen molar-refractivity contribution in [3.8, 4) is 0 Å². The molecule has 2 rings (SSSR count). The largest absolute Gasteiger partial charge is 0.338 e. The fourth-order valence-electron chi connectivity index (χ4n) is 3.70. The molecule has 2 heterocycles. The van der Waals surface area contributed by atoms with E-state index in [0.29, 0.717) is 23.8 Å². The molecule has 0 bridgehead atoms. The quantitative estimate of drug-likeness (QED) is 0.818. The molecule has 2 aliphatic heterocycles. The molecular formula is C15H28N2O. The van der Waals surface area contributed by atoms with Crippen LogP contribution in [-0.2, 0) is 4.79 Å². The summed E-state index contributed by atoms with van der Waals surface area (Å²) in [5.41, 5.74) is -0.259. The Morgan fingerprint density at radius 1 is 1.39 bits per heavy atom. The monoisotopic (exact) mass is 252 g/mol. The van der Waals surface area contributed by atoms with Crippen molar-refractivity contribution in [1.29, 1.82) is 0 Å². The molecule has 2 aliphatic rings. The lowest BCUT2D eigenvalue weighted by molar-refractivity contribution is -0.144. The highest BCUT2D eigenvalue weighted by atomic mass is 16.2. The Hall–Kier alpha value is -0.570. The molecule has 0 aromatic rings. The highest BCUT2D eigenvalue weighted by Gasteiger charge is 2.44. The third-order valence-electron chi connectivity index (χ3n) is 5.12. The van der Waals surface area contributed by atoms with E-state index in [9.17, 15) is 4.79 Å². The number of likely N-dealkylation sites (tertiary alicyclic amines) is 1. The maximum Gasteiger partial charge on any atom is 0.243 e. The molecular weight excluding hydrogens is 224 g/mol. The van der Waals surface area contributed by atoms with E-state index in [4.69, 9.17) is 0 Å². The Kier molecular flexibility index (Phi) is 4.00. The number of nitrogens with zero attached hydrogens (tertiary/aromatic N) is 1. The van der Waals surface area contributed by atoms with E-state index in [1.807, 2.05) is 0 Å². The third kappa shape index (κ3) is 2.29. The van der Waals surface area contributed by atoms with Gasteiger partial charge in [0.2, 0.25) is 5.91 Å². The van der Waals surface area contributed by atoms with Gasteiger partial charge in [-0.1, -0.05) is 20.8 Å². The fourth-order valence-corrected chi connectivity index (χ4v) is 3.70. The van der Waals surface area contributed by atoms with Gasteiger partial charge in [0.05, 0.1) is 5.54 Å². The fraction of sp³-hybridized carbons (Fsp3) is 0.933. The molecule has 0 aromatic carbocycles. The molecule has 4 atom stereocenters. The van der Waals surface area contributed by atoms with Gasteiger partial charge >= 0.3 is 0 Å². The van der Waals surface area contributed by atoms with Gasteiger partial charge in [-0.15, -0.1) is 0 Å². The summed E-state index contributed by atoms with van der Waals surface area (Å²) in [6.07, 6.45) is 4.30. The van der Waals surface area contributed by atoms with E-state index < -0.39 is 0 Å². The molecule has 1 N–H and O–H groups in total. The molecule has 4 unspecified atom stereocenters. The minimum Gasteiger partial charge on any atom is -0.338 e. The molecule has 0 saturated carbocycles. The zero-order valence-corrected chi connectivity index (χ0v) is 12.3. The Morgan fingerprint density at radius 3 is 2.67 bits per heavy atom. The van der Waals surface area contributed by atoms with Gasteiger partial charge in [-0.3, -0.25) is 4.79 Å². The minimum absolute atomic E-state index is 0.259. The van der Waals surface area contributed by atoms with Crippen molar-refractivity contribution in [2.75, 3.05) is 13.1 Å². The van der Waals surface area contributed by atoms with E-state index in [1.165, 1.54) is 6.42 Å². The standard InChI is InChI=1S/C15H28N2O/c1-5-15(7-6-8-16-15)14(18)17-10-11(2)9-12(3)13(17)4/h11-13,16H,5-10H2,1-4H3. The first-order valence-corrected chi connectivity index (χ1v) is 7.56. The molecule has 2 saturated heterocycles. The number of piperidine rings is 1. The maximum atomic E-state index is 12.9. The minimum atomic E-state index is -0.259. The van der Waals surface area contributed by atoms with Crippen molar-refractivity contribution in [2.24, 2.45) is 11.8 Å². The Balaban J connectivity index is 2.16. The summed E-state index contributed by atoms with van der Waals surface area (Å²) >= 11 is 0. The number of rotatable bonds is 2. The lowest BCUT2D eigenvalue weighted by atomic mass is 9.83. The van der Waals surface area contributed by atoms with E-state index in [1.54, 1.807) is 0 Å². The van der Waals surface area contributed by atoms with Crippen molar-refractivity contribution in [2.45, 2.75) is 65.0 Å². The van der Waals surface area contributed by atoms with Crippen LogP contribution < -0.4 is 5.32 Å². The predicted molar refractivity (Wildman–Crippen MR) is 74.4 cm³/mol. The zero-order chi connectivity index (χ0) is 13.3. The summed E-state index contributed by atoms with van der Waals surface area (Å²) in [6, 6.07) is 0.388. The van der Waals surface area contributed by atoms with Gasteiger partial charge in [-0.25, -0.2) is 0 Å². The SMILES string of the molecule is CCC1(C(=O)N2CC(C)CC(C)C2C)CCCN1. The second-order valence-electron chi connectivity index (χ2n) is 6.48. The van der Waals surface area contributed by atoms with Crippen molar-refractivity contribution < 1.29 is 4.79 Å². The van der Waals surface area contributed by atoms with Crippen LogP contribution in [0, 0.1) is 11.8 Å². The predicted octanol–water partition coefficient (Wildman–Crippen LogP) is 2.41. The van der Waals surface area contributed by atoms with Gasteiger partial charge in [0.25, 0.3) is 0 Å². The molecule has 0 aromatic heterocycles. The highest BCUT2D eigenvalue weighted by Crippen LogP contribution is 2.32. The number of hydrogen-bond acceptors (Lipinski definition) is 2. The summed E-state index contributed by atoms with van der Waals surface area (Å²) < 4.78 is 0. The Bertz CT molecular complexity index is 310. The number of nitrogens with one attached hydrogen (secondary N) is 1. The third-order valence-corrected chi connectivity index (χ3v) is 5.12. The molecule has 3 nitrogen and oxygen atoms in total. The average Bonchev–Trinajstić information content (AvgIpc) is 2.82. The van der Waals surface area contributed by atoms with Crippen molar-refractivity contribution >= 4 is 5.91 Å². The van der Waals surface area contributed by atoms with Crippen molar-refractivity contribution in [3.63, 3.8) is 0 Å². The number of amides is 1. The van der Waals surface area contributed by atoms with Crippen LogP contribution in [0.15, 0.2) is 0 Å². The van der Waals surface area contributed by atoms with Crippen LogP contribution in [0.5, 0.6) is 0 Å².